The number of carbonyl (C=O) groups excluding carboxylic acids is 2. The van der Waals surface area contributed by atoms with Gasteiger partial charge in [0.2, 0.25) is 0 Å². The standard InChI is InChI=1S/C21H25N3O3/c1-27-19-10-4-16(5-11-19)12-13-22-20(25)21(26)23-17-6-8-18(9-7-17)24-14-2-3-15-24/h4-11H,2-3,12-15H2,1H3,(H,22,25)(H,23,26). The van der Waals surface area contributed by atoms with Crippen LogP contribution in [0.3, 0.4) is 0 Å². The van der Waals surface area contributed by atoms with E-state index in [-0.39, 0.29) is 0 Å². The van der Waals surface area contributed by atoms with Crippen LogP contribution >= 0.6 is 0 Å². The van der Waals surface area contributed by atoms with Gasteiger partial charge in [0.1, 0.15) is 5.75 Å². The molecule has 3 rings (SSSR count). The largest absolute Gasteiger partial charge is 0.497 e. The zero-order valence-corrected chi connectivity index (χ0v) is 15.5. The van der Waals surface area contributed by atoms with Gasteiger partial charge in [-0.15, -0.1) is 0 Å². The van der Waals surface area contributed by atoms with E-state index in [0.717, 1.165) is 30.1 Å². The third kappa shape index (κ3) is 5.23. The first kappa shape index (κ1) is 18.8. The first-order valence-electron chi connectivity index (χ1n) is 9.23. The molecular weight excluding hydrogens is 342 g/mol. The molecule has 0 unspecified atom stereocenters. The van der Waals surface area contributed by atoms with Crippen molar-refractivity contribution in [2.24, 2.45) is 0 Å². The molecule has 0 aliphatic carbocycles. The molecule has 27 heavy (non-hydrogen) atoms. The summed E-state index contributed by atoms with van der Waals surface area (Å²) in [7, 11) is 1.62. The number of nitrogens with one attached hydrogen (secondary N) is 2. The van der Waals surface area contributed by atoms with Crippen LogP contribution in [0.5, 0.6) is 5.75 Å². The summed E-state index contributed by atoms with van der Waals surface area (Å²) >= 11 is 0. The van der Waals surface area contributed by atoms with Gasteiger partial charge in [-0.05, 0) is 61.2 Å². The Morgan fingerprint density at radius 2 is 1.63 bits per heavy atom. The minimum Gasteiger partial charge on any atom is -0.497 e. The Morgan fingerprint density at radius 1 is 0.963 bits per heavy atom. The van der Waals surface area contributed by atoms with E-state index in [1.54, 1.807) is 7.11 Å². The van der Waals surface area contributed by atoms with Crippen LogP contribution in [0.1, 0.15) is 18.4 Å². The average molecular weight is 367 g/mol. The van der Waals surface area contributed by atoms with Crippen LogP contribution in [0.2, 0.25) is 0 Å². The van der Waals surface area contributed by atoms with Gasteiger partial charge < -0.3 is 20.3 Å². The molecule has 6 heteroatoms. The minimum absolute atomic E-state index is 0.395. The summed E-state index contributed by atoms with van der Waals surface area (Å²) in [5.41, 5.74) is 2.83. The molecule has 6 nitrogen and oxygen atoms in total. The Hall–Kier alpha value is -3.02. The van der Waals surface area contributed by atoms with Crippen LogP contribution in [0.15, 0.2) is 48.5 Å². The van der Waals surface area contributed by atoms with Crippen LogP contribution in [0.4, 0.5) is 11.4 Å². The zero-order chi connectivity index (χ0) is 19.1. The number of carbonyl (C=O) groups is 2. The van der Waals surface area contributed by atoms with Crippen molar-refractivity contribution < 1.29 is 14.3 Å². The van der Waals surface area contributed by atoms with Crippen LogP contribution in [0, 0.1) is 0 Å². The minimum atomic E-state index is -0.654. The molecule has 0 aromatic heterocycles. The third-order valence-corrected chi connectivity index (χ3v) is 4.66. The van der Waals surface area contributed by atoms with E-state index >= 15 is 0 Å². The summed E-state index contributed by atoms with van der Waals surface area (Å²) in [6.07, 6.45) is 3.08. The van der Waals surface area contributed by atoms with Crippen molar-refractivity contribution in [3.63, 3.8) is 0 Å². The predicted octanol–water partition coefficient (Wildman–Crippen LogP) is 2.59. The van der Waals surface area contributed by atoms with Gasteiger partial charge in [0.25, 0.3) is 0 Å². The first-order chi connectivity index (χ1) is 13.2. The number of benzene rings is 2. The van der Waals surface area contributed by atoms with Gasteiger partial charge in [-0.25, -0.2) is 0 Å². The van der Waals surface area contributed by atoms with Crippen molar-refractivity contribution >= 4 is 23.2 Å². The Kier molecular flexibility index (Phi) is 6.30. The monoisotopic (exact) mass is 367 g/mol. The Morgan fingerprint density at radius 3 is 2.26 bits per heavy atom. The van der Waals surface area contributed by atoms with E-state index in [9.17, 15) is 9.59 Å². The summed E-state index contributed by atoms with van der Waals surface area (Å²) in [5.74, 6) is -0.497. The molecule has 142 valence electrons. The first-order valence-corrected chi connectivity index (χ1v) is 9.23. The number of hydrogen-bond donors (Lipinski definition) is 2. The number of rotatable bonds is 6. The van der Waals surface area contributed by atoms with E-state index < -0.39 is 11.8 Å². The van der Waals surface area contributed by atoms with Gasteiger partial charge in [-0.1, -0.05) is 12.1 Å². The predicted molar refractivity (Wildman–Crippen MR) is 106 cm³/mol. The van der Waals surface area contributed by atoms with Crippen molar-refractivity contribution in [3.8, 4) is 5.75 Å². The molecule has 1 aliphatic heterocycles. The number of hydrogen-bond acceptors (Lipinski definition) is 4. The highest BCUT2D eigenvalue weighted by atomic mass is 16.5. The molecule has 0 saturated carbocycles. The number of anilines is 2. The quantitative estimate of drug-likeness (QED) is 0.770. The zero-order valence-electron chi connectivity index (χ0n) is 15.5. The molecule has 2 N–H and O–H groups in total. The summed E-state index contributed by atoms with van der Waals surface area (Å²) in [6, 6.07) is 15.2. The molecule has 1 fully saturated rings. The van der Waals surface area contributed by atoms with E-state index in [0.29, 0.717) is 18.7 Å². The molecule has 1 heterocycles. The Balaban J connectivity index is 1.43. The number of nitrogens with zero attached hydrogens (tertiary/aromatic N) is 1. The Labute approximate surface area is 159 Å². The van der Waals surface area contributed by atoms with Gasteiger partial charge in [-0.2, -0.15) is 0 Å². The molecule has 2 aromatic rings. The lowest BCUT2D eigenvalue weighted by Crippen LogP contribution is -2.36. The molecule has 2 amide bonds. The Bertz CT molecular complexity index is 766. The van der Waals surface area contributed by atoms with E-state index in [2.05, 4.69) is 15.5 Å². The summed E-state index contributed by atoms with van der Waals surface area (Å²) in [5, 5.41) is 5.28. The molecule has 0 spiro atoms. The smallest absolute Gasteiger partial charge is 0.313 e. The van der Waals surface area contributed by atoms with Gasteiger partial charge >= 0.3 is 11.8 Å². The molecular formula is C21H25N3O3. The van der Waals surface area contributed by atoms with Crippen LogP contribution in [-0.2, 0) is 16.0 Å². The lowest BCUT2D eigenvalue weighted by atomic mass is 10.1. The second kappa shape index (κ2) is 9.07. The maximum atomic E-state index is 12.0. The van der Waals surface area contributed by atoms with Crippen molar-refractivity contribution in [2.45, 2.75) is 19.3 Å². The summed E-state index contributed by atoms with van der Waals surface area (Å²) in [4.78, 5) is 26.3. The number of ether oxygens (including phenoxy) is 1. The van der Waals surface area contributed by atoms with E-state index in [1.165, 1.54) is 12.8 Å². The molecule has 0 radical (unpaired) electrons. The fraction of sp³-hybridized carbons (Fsp3) is 0.333. The van der Waals surface area contributed by atoms with Crippen LogP contribution < -0.4 is 20.3 Å². The lowest BCUT2D eigenvalue weighted by Gasteiger charge is -2.17. The van der Waals surface area contributed by atoms with Crippen LogP contribution in [-0.4, -0.2) is 38.6 Å². The van der Waals surface area contributed by atoms with E-state index in [1.807, 2.05) is 48.5 Å². The maximum absolute atomic E-state index is 12.0. The second-order valence-electron chi connectivity index (χ2n) is 6.55. The SMILES string of the molecule is COc1ccc(CCNC(=O)C(=O)Nc2ccc(N3CCCC3)cc2)cc1. The van der Waals surface area contributed by atoms with Gasteiger partial charge in [0.15, 0.2) is 0 Å². The summed E-state index contributed by atoms with van der Waals surface area (Å²) < 4.78 is 5.11. The van der Waals surface area contributed by atoms with Gasteiger partial charge in [0, 0.05) is 31.0 Å². The molecule has 0 bridgehead atoms. The second-order valence-corrected chi connectivity index (χ2v) is 6.55. The average Bonchev–Trinajstić information content (AvgIpc) is 3.24. The highest BCUT2D eigenvalue weighted by Crippen LogP contribution is 2.22. The molecule has 0 atom stereocenters. The lowest BCUT2D eigenvalue weighted by molar-refractivity contribution is -0.136. The van der Waals surface area contributed by atoms with Crippen LogP contribution in [0.25, 0.3) is 0 Å². The van der Waals surface area contributed by atoms with Crippen molar-refractivity contribution in [2.75, 3.05) is 37.0 Å². The van der Waals surface area contributed by atoms with Gasteiger partial charge in [0.05, 0.1) is 7.11 Å². The fourth-order valence-electron chi connectivity index (χ4n) is 3.11. The van der Waals surface area contributed by atoms with Crippen molar-refractivity contribution in [3.05, 3.63) is 54.1 Å². The fourth-order valence-corrected chi connectivity index (χ4v) is 3.11. The number of methoxy groups -OCH3 is 1. The normalized spacial score (nSPS) is 13.3. The molecule has 1 aliphatic rings. The topological polar surface area (TPSA) is 70.7 Å². The highest BCUT2D eigenvalue weighted by Gasteiger charge is 2.15. The van der Waals surface area contributed by atoms with E-state index in [4.69, 9.17) is 4.74 Å². The third-order valence-electron chi connectivity index (χ3n) is 4.66. The molecule has 2 aromatic carbocycles. The maximum Gasteiger partial charge on any atom is 0.313 e. The van der Waals surface area contributed by atoms with Crippen molar-refractivity contribution in [1.82, 2.24) is 5.32 Å². The van der Waals surface area contributed by atoms with Crippen molar-refractivity contribution in [1.29, 1.82) is 0 Å². The number of amides is 2. The highest BCUT2D eigenvalue weighted by molar-refractivity contribution is 6.39. The molecule has 1 saturated heterocycles. The van der Waals surface area contributed by atoms with Gasteiger partial charge in [-0.3, -0.25) is 9.59 Å². The summed E-state index contributed by atoms with van der Waals surface area (Å²) in [6.45, 7) is 2.54.